The van der Waals surface area contributed by atoms with E-state index in [1.54, 1.807) is 54.6 Å². The standard InChI is InChI=1S/C38H42N2O6S/c1-2-3-10-25-39-37(42)38(24-28-47(43,44)34-14-8-5-9-15-34)35(31-18-16-30(17-19-31)29-12-6-4-7-13-29)46-36(40-38)32-20-22-33(23-21-32)45-27-11-26-41/h4-9,12-23,35,41H,2-3,10-11,24-28H2,1H3,(H,39,42)/t35-,38-/m1/s1. The highest BCUT2D eigenvalue weighted by molar-refractivity contribution is 7.91. The van der Waals surface area contributed by atoms with Gasteiger partial charge in [-0.1, -0.05) is 92.6 Å². The molecule has 4 aromatic rings. The number of rotatable bonds is 16. The average Bonchev–Trinajstić information content (AvgIpc) is 3.51. The van der Waals surface area contributed by atoms with Gasteiger partial charge in [0.25, 0.3) is 5.91 Å². The summed E-state index contributed by atoms with van der Waals surface area (Å²) in [5.74, 6) is 0.219. The summed E-state index contributed by atoms with van der Waals surface area (Å²) in [7, 11) is -3.73. The molecule has 4 aromatic carbocycles. The fourth-order valence-corrected chi connectivity index (χ4v) is 7.00. The molecule has 8 nitrogen and oxygen atoms in total. The first-order chi connectivity index (χ1) is 22.9. The van der Waals surface area contributed by atoms with Gasteiger partial charge in [0, 0.05) is 31.6 Å². The Kier molecular flexibility index (Phi) is 11.5. The molecule has 0 saturated heterocycles. The van der Waals surface area contributed by atoms with Crippen LogP contribution in [0.5, 0.6) is 5.75 Å². The van der Waals surface area contributed by atoms with E-state index in [9.17, 15) is 13.2 Å². The van der Waals surface area contributed by atoms with Crippen molar-refractivity contribution >= 4 is 21.6 Å². The fourth-order valence-electron chi connectivity index (χ4n) is 5.62. The number of benzene rings is 4. The van der Waals surface area contributed by atoms with E-state index in [0.717, 1.165) is 30.4 Å². The molecule has 246 valence electrons. The maximum absolute atomic E-state index is 14.3. The average molecular weight is 655 g/mol. The minimum absolute atomic E-state index is 0.0407. The Bertz CT molecular complexity index is 1730. The van der Waals surface area contributed by atoms with Crippen LogP contribution >= 0.6 is 0 Å². The van der Waals surface area contributed by atoms with Gasteiger partial charge in [0.2, 0.25) is 5.90 Å². The summed E-state index contributed by atoms with van der Waals surface area (Å²) in [4.78, 5) is 19.5. The molecule has 0 bridgehead atoms. The van der Waals surface area contributed by atoms with Gasteiger partial charge in [-0.3, -0.25) is 4.79 Å². The summed E-state index contributed by atoms with van der Waals surface area (Å²) >= 11 is 0. The first-order valence-corrected chi connectivity index (χ1v) is 17.8. The highest BCUT2D eigenvalue weighted by atomic mass is 32.2. The van der Waals surface area contributed by atoms with Crippen LogP contribution in [0.2, 0.25) is 0 Å². The van der Waals surface area contributed by atoms with Gasteiger partial charge < -0.3 is 19.9 Å². The summed E-state index contributed by atoms with van der Waals surface area (Å²) in [5.41, 5.74) is 1.86. The summed E-state index contributed by atoms with van der Waals surface area (Å²) < 4.78 is 39.4. The Labute approximate surface area is 277 Å². The van der Waals surface area contributed by atoms with Gasteiger partial charge in [0.05, 0.1) is 17.3 Å². The minimum atomic E-state index is -3.73. The van der Waals surface area contributed by atoms with E-state index < -0.39 is 21.5 Å². The number of aliphatic hydroxyl groups is 1. The van der Waals surface area contributed by atoms with E-state index >= 15 is 0 Å². The second kappa shape index (κ2) is 15.9. The van der Waals surface area contributed by atoms with Gasteiger partial charge in [-0.2, -0.15) is 0 Å². The summed E-state index contributed by atoms with van der Waals surface area (Å²) in [6, 6.07) is 33.2. The van der Waals surface area contributed by atoms with E-state index in [0.29, 0.717) is 36.4 Å². The molecule has 0 aromatic heterocycles. The Morgan fingerprint density at radius 2 is 1.49 bits per heavy atom. The van der Waals surface area contributed by atoms with Gasteiger partial charge in [-0.15, -0.1) is 0 Å². The van der Waals surface area contributed by atoms with Gasteiger partial charge in [0.15, 0.2) is 21.5 Å². The van der Waals surface area contributed by atoms with Crippen molar-refractivity contribution in [3.05, 3.63) is 120 Å². The number of ether oxygens (including phenoxy) is 2. The lowest BCUT2D eigenvalue weighted by Crippen LogP contribution is -2.49. The van der Waals surface area contributed by atoms with Crippen molar-refractivity contribution in [2.24, 2.45) is 4.99 Å². The van der Waals surface area contributed by atoms with Crippen LogP contribution in [-0.4, -0.2) is 56.4 Å². The summed E-state index contributed by atoms with van der Waals surface area (Å²) in [6.07, 6.45) is 2.31. The molecule has 0 unspecified atom stereocenters. The SMILES string of the molecule is CCCCCNC(=O)[C@]1(CCS(=O)(=O)c2ccccc2)N=C(c2ccc(OCCCO)cc2)O[C@@H]1c1ccc(-c2ccccc2)cc1. The Morgan fingerprint density at radius 1 is 0.851 bits per heavy atom. The third kappa shape index (κ3) is 8.28. The number of nitrogens with one attached hydrogen (secondary N) is 1. The zero-order valence-corrected chi connectivity index (χ0v) is 27.5. The maximum atomic E-state index is 14.3. The largest absolute Gasteiger partial charge is 0.494 e. The van der Waals surface area contributed by atoms with Crippen molar-refractivity contribution in [2.75, 3.05) is 25.5 Å². The van der Waals surface area contributed by atoms with Crippen molar-refractivity contribution in [1.29, 1.82) is 0 Å². The van der Waals surface area contributed by atoms with Crippen LogP contribution in [0.25, 0.3) is 11.1 Å². The Morgan fingerprint density at radius 3 is 2.15 bits per heavy atom. The second-order valence-electron chi connectivity index (χ2n) is 11.6. The van der Waals surface area contributed by atoms with E-state index in [-0.39, 0.29) is 35.5 Å². The van der Waals surface area contributed by atoms with Crippen molar-refractivity contribution < 1.29 is 27.8 Å². The number of hydrogen-bond acceptors (Lipinski definition) is 7. The third-order valence-corrected chi connectivity index (χ3v) is 10.0. The number of hydrogen-bond donors (Lipinski definition) is 2. The molecule has 0 saturated carbocycles. The molecule has 0 spiro atoms. The number of aliphatic imine (C=N–C) groups is 1. The number of nitrogens with zero attached hydrogens (tertiary/aromatic N) is 1. The highest BCUT2D eigenvalue weighted by Gasteiger charge is 2.53. The highest BCUT2D eigenvalue weighted by Crippen LogP contribution is 2.43. The lowest BCUT2D eigenvalue weighted by atomic mass is 9.84. The fraction of sp³-hybridized carbons (Fsp3) is 0.316. The normalized spacial score (nSPS) is 17.5. The van der Waals surface area contributed by atoms with Crippen molar-refractivity contribution in [1.82, 2.24) is 5.32 Å². The number of carbonyl (C=O) groups excluding carboxylic acids is 1. The van der Waals surface area contributed by atoms with E-state index in [1.165, 1.54) is 0 Å². The zero-order valence-electron chi connectivity index (χ0n) is 26.7. The number of aliphatic hydroxyl groups excluding tert-OH is 1. The quantitative estimate of drug-likeness (QED) is 0.133. The maximum Gasteiger partial charge on any atom is 0.252 e. The van der Waals surface area contributed by atoms with Crippen LogP contribution in [0.4, 0.5) is 0 Å². The van der Waals surface area contributed by atoms with Crippen LogP contribution in [0.1, 0.15) is 56.3 Å². The van der Waals surface area contributed by atoms with E-state index in [4.69, 9.17) is 19.6 Å². The number of amides is 1. The van der Waals surface area contributed by atoms with Gasteiger partial charge >= 0.3 is 0 Å². The molecule has 2 atom stereocenters. The monoisotopic (exact) mass is 654 g/mol. The summed E-state index contributed by atoms with van der Waals surface area (Å²) in [6.45, 7) is 2.96. The van der Waals surface area contributed by atoms with Crippen LogP contribution in [-0.2, 0) is 19.4 Å². The molecule has 1 amide bonds. The molecule has 9 heteroatoms. The number of unbranched alkanes of at least 4 members (excludes halogenated alkanes) is 2. The summed E-state index contributed by atoms with van der Waals surface area (Å²) in [5, 5.41) is 12.1. The molecule has 1 heterocycles. The minimum Gasteiger partial charge on any atom is -0.494 e. The molecule has 5 rings (SSSR count). The molecule has 47 heavy (non-hydrogen) atoms. The molecule has 1 aliphatic heterocycles. The zero-order chi connectivity index (χ0) is 33.1. The molecular weight excluding hydrogens is 612 g/mol. The molecule has 1 aliphatic rings. The molecule has 2 N–H and O–H groups in total. The number of sulfone groups is 1. The van der Waals surface area contributed by atoms with Crippen LogP contribution in [0, 0.1) is 0 Å². The molecule has 0 radical (unpaired) electrons. The van der Waals surface area contributed by atoms with E-state index in [1.807, 2.05) is 54.6 Å². The van der Waals surface area contributed by atoms with Gasteiger partial charge in [-0.05, 0) is 59.5 Å². The Balaban J connectivity index is 1.54. The first kappa shape index (κ1) is 33.9. The molecule has 0 aliphatic carbocycles. The number of carbonyl (C=O) groups is 1. The third-order valence-electron chi connectivity index (χ3n) is 8.27. The van der Waals surface area contributed by atoms with Crippen LogP contribution in [0.15, 0.2) is 119 Å². The molecule has 0 fully saturated rings. The predicted octanol–water partition coefficient (Wildman–Crippen LogP) is 6.54. The first-order valence-electron chi connectivity index (χ1n) is 16.2. The second-order valence-corrected chi connectivity index (χ2v) is 13.7. The smallest absolute Gasteiger partial charge is 0.252 e. The van der Waals surface area contributed by atoms with Gasteiger partial charge in [-0.25, -0.2) is 13.4 Å². The topological polar surface area (TPSA) is 114 Å². The van der Waals surface area contributed by atoms with Crippen molar-refractivity contribution in [3.63, 3.8) is 0 Å². The lowest BCUT2D eigenvalue weighted by Gasteiger charge is -2.30. The van der Waals surface area contributed by atoms with Crippen molar-refractivity contribution in [3.8, 4) is 16.9 Å². The van der Waals surface area contributed by atoms with E-state index in [2.05, 4.69) is 12.2 Å². The van der Waals surface area contributed by atoms with Crippen LogP contribution in [0.3, 0.4) is 0 Å². The van der Waals surface area contributed by atoms with Crippen LogP contribution < -0.4 is 10.1 Å². The predicted molar refractivity (Wildman–Crippen MR) is 184 cm³/mol. The molecular formula is C38H42N2O6S. The van der Waals surface area contributed by atoms with Crippen molar-refractivity contribution in [2.45, 2.75) is 55.6 Å². The van der Waals surface area contributed by atoms with Gasteiger partial charge in [0.1, 0.15) is 5.75 Å². The lowest BCUT2D eigenvalue weighted by molar-refractivity contribution is -0.129. The Hall–Kier alpha value is -4.47.